The van der Waals surface area contributed by atoms with Crippen molar-refractivity contribution in [1.82, 2.24) is 0 Å². The van der Waals surface area contributed by atoms with E-state index in [1.54, 1.807) is 0 Å². The summed E-state index contributed by atoms with van der Waals surface area (Å²) < 4.78 is 0.372. The van der Waals surface area contributed by atoms with Gasteiger partial charge in [-0.2, -0.15) is 0 Å². The van der Waals surface area contributed by atoms with Crippen molar-refractivity contribution >= 4 is 4.49 Å². The van der Waals surface area contributed by atoms with E-state index < -0.39 is 0 Å². The Morgan fingerprint density at radius 1 is 1.55 bits per heavy atom. The van der Waals surface area contributed by atoms with Gasteiger partial charge in [0.05, 0.1) is 0 Å². The fraction of sp³-hybridized carbons (Fsp3) is 0.286. The summed E-state index contributed by atoms with van der Waals surface area (Å²) in [6.45, 7) is 0. The first-order chi connectivity index (χ1) is 4.34. The van der Waals surface area contributed by atoms with Crippen molar-refractivity contribution in [2.75, 3.05) is 0 Å². The summed E-state index contributed by atoms with van der Waals surface area (Å²) in [4.78, 5) is 10.9. The monoisotopic (exact) mass is 229 g/mol. The van der Waals surface area contributed by atoms with Gasteiger partial charge in [-0.15, -0.1) is 0 Å². The van der Waals surface area contributed by atoms with E-state index in [2.05, 4.69) is 0 Å². The number of hydrogen-bond donors (Lipinski definition) is 0. The third kappa shape index (κ3) is 4.02. The predicted octanol–water partition coefficient (Wildman–Crippen LogP) is -4.46. The van der Waals surface area contributed by atoms with Crippen molar-refractivity contribution < 1.29 is 45.9 Å². The van der Waals surface area contributed by atoms with Crippen LogP contribution >= 0.6 is 0 Å². The van der Waals surface area contributed by atoms with E-state index in [4.69, 9.17) is 0 Å². The fourth-order valence-corrected chi connectivity index (χ4v) is 1.46. The van der Waals surface area contributed by atoms with E-state index in [9.17, 15) is 4.79 Å². The topological polar surface area (TPSA) is 17.1 Å². The molecule has 11 heavy (non-hydrogen) atoms. The molecule has 0 radical (unpaired) electrons. The summed E-state index contributed by atoms with van der Waals surface area (Å²) in [6.07, 6.45) is 6.75. The molecule has 1 nitrogen and oxygen atoms in total. The summed E-state index contributed by atoms with van der Waals surface area (Å²) in [5.41, 5.74) is 2.98. The van der Waals surface area contributed by atoms with E-state index in [0.717, 1.165) is 12.0 Å². The minimum atomic E-state index is -0.0903. The van der Waals surface area contributed by atoms with E-state index in [1.165, 1.54) is 0 Å². The molecule has 0 aliphatic heterocycles. The van der Waals surface area contributed by atoms with Gasteiger partial charge in [-0.05, 0) is 0 Å². The van der Waals surface area contributed by atoms with Crippen molar-refractivity contribution in [2.24, 2.45) is 0 Å². The van der Waals surface area contributed by atoms with Crippen LogP contribution in [0.2, 0.25) is 5.64 Å². The zero-order chi connectivity index (χ0) is 6.69. The third-order valence-corrected chi connectivity index (χ3v) is 2.33. The number of hydrogen-bond acceptors (Lipinski definition) is 1. The zero-order valence-corrected chi connectivity index (χ0v) is 8.96. The fourth-order valence-electron chi connectivity index (χ4n) is 0.749. The second-order valence-electron chi connectivity index (χ2n) is 1.85. The van der Waals surface area contributed by atoms with E-state index in [1.807, 2.05) is 23.9 Å². The molecule has 0 unspecified atom stereocenters. The molecule has 0 amide bonds. The minimum absolute atomic E-state index is 0. The van der Waals surface area contributed by atoms with E-state index >= 15 is 0 Å². The maximum Gasteiger partial charge on any atom is -1.00 e. The molecule has 1 rings (SSSR count). The Bertz CT molecular complexity index is 187. The molecule has 0 N–H and O–H groups in total. The van der Waals surface area contributed by atoms with Crippen LogP contribution < -0.4 is 24.8 Å². The van der Waals surface area contributed by atoms with Gasteiger partial charge in [0.25, 0.3) is 0 Å². The van der Waals surface area contributed by atoms with Gasteiger partial charge in [0, 0.05) is 0 Å². The van der Waals surface area contributed by atoms with Crippen LogP contribution in [-0.2, 0) is 21.1 Å². The van der Waals surface area contributed by atoms with Crippen LogP contribution in [0.25, 0.3) is 0 Å². The smallest absolute Gasteiger partial charge is 1.00 e. The van der Waals surface area contributed by atoms with Gasteiger partial charge in [-0.3, -0.25) is 0 Å². The molecule has 0 saturated heterocycles. The summed E-state index contributed by atoms with van der Waals surface area (Å²) in [6, 6.07) is 0. The standard InChI is InChI=1S/C6H5O.CH3.2ClH.V/c7-5-6-3-1-2-4-6;;;;/h1-3H,4H2;1H3;2*1H;/q;;;;+2/p-2. The minimum Gasteiger partial charge on any atom is -1.00 e. The maximum atomic E-state index is 10.9. The van der Waals surface area contributed by atoms with Crippen molar-refractivity contribution in [1.29, 1.82) is 0 Å². The van der Waals surface area contributed by atoms with Crippen LogP contribution in [0.5, 0.6) is 0 Å². The Balaban J connectivity index is 0. The van der Waals surface area contributed by atoms with Crippen LogP contribution in [0.3, 0.4) is 0 Å². The molecule has 0 atom stereocenters. The van der Waals surface area contributed by atoms with Crippen LogP contribution in [0.15, 0.2) is 23.8 Å². The second-order valence-corrected chi connectivity index (χ2v) is 3.19. The molecule has 4 heteroatoms. The number of carbonyl (C=O) groups is 1. The first-order valence-corrected chi connectivity index (χ1v) is 4.94. The van der Waals surface area contributed by atoms with Gasteiger partial charge < -0.3 is 24.8 Å². The molecule has 0 aromatic rings. The summed E-state index contributed by atoms with van der Waals surface area (Å²) in [5, 5.41) is 0. The first-order valence-electron chi connectivity index (χ1n) is 2.84. The average Bonchev–Trinajstić information content (AvgIpc) is 2.37. The molecule has 0 saturated carbocycles. The van der Waals surface area contributed by atoms with Crippen LogP contribution in [-0.4, -0.2) is 4.49 Å². The summed E-state index contributed by atoms with van der Waals surface area (Å²) in [7, 11) is 0. The van der Waals surface area contributed by atoms with Gasteiger partial charge in [0.15, 0.2) is 0 Å². The van der Waals surface area contributed by atoms with E-state index in [-0.39, 0.29) is 41.1 Å². The van der Waals surface area contributed by atoms with Crippen LogP contribution in [0.4, 0.5) is 0 Å². The van der Waals surface area contributed by atoms with Crippen molar-refractivity contribution in [3.05, 3.63) is 23.8 Å². The normalized spacial score (nSPS) is 12.3. The Labute approximate surface area is 86.2 Å². The molecule has 0 bridgehead atoms. The van der Waals surface area contributed by atoms with Gasteiger partial charge in [0.1, 0.15) is 0 Å². The van der Waals surface area contributed by atoms with Gasteiger partial charge >= 0.3 is 61.4 Å². The maximum absolute atomic E-state index is 10.9. The molecular formula is C7H8Cl2OV. The Morgan fingerprint density at radius 3 is 2.55 bits per heavy atom. The Kier molecular flexibility index (Phi) is 8.82. The summed E-state index contributed by atoms with van der Waals surface area (Å²) in [5.74, 6) is 0. The summed E-state index contributed by atoms with van der Waals surface area (Å²) >= 11 is -0.0903. The molecule has 1 aliphatic carbocycles. The molecule has 0 fully saturated rings. The Hall–Kier alpha value is 0.314. The van der Waals surface area contributed by atoms with Crippen LogP contribution in [0.1, 0.15) is 6.42 Å². The number of carbonyl (C=O) groups excluding carboxylic acids is 1. The molecule has 0 spiro atoms. The third-order valence-electron chi connectivity index (χ3n) is 1.25. The molecule has 0 heterocycles. The van der Waals surface area contributed by atoms with Crippen LogP contribution in [0, 0.1) is 0 Å². The number of halogens is 2. The Morgan fingerprint density at radius 2 is 2.18 bits per heavy atom. The predicted molar refractivity (Wildman–Crippen MR) is 32.7 cm³/mol. The van der Waals surface area contributed by atoms with Gasteiger partial charge in [-0.1, -0.05) is 0 Å². The average molecular weight is 230 g/mol. The van der Waals surface area contributed by atoms with Gasteiger partial charge in [-0.25, -0.2) is 0 Å². The number of rotatable bonds is 2. The van der Waals surface area contributed by atoms with Crippen molar-refractivity contribution in [3.63, 3.8) is 0 Å². The van der Waals surface area contributed by atoms with Gasteiger partial charge in [0.2, 0.25) is 0 Å². The molecule has 0 aromatic heterocycles. The van der Waals surface area contributed by atoms with Crippen molar-refractivity contribution in [3.8, 4) is 0 Å². The zero-order valence-electron chi connectivity index (χ0n) is 6.05. The number of allylic oxidation sites excluding steroid dienone is 4. The second kappa shape index (κ2) is 6.99. The molecule has 1 aliphatic rings. The SMILES string of the molecule is [CH3][V+2][C](=O)C1=CC=CC1.[Cl-].[Cl-]. The molecule has 61 valence electrons. The quantitative estimate of drug-likeness (QED) is 0.467. The van der Waals surface area contributed by atoms with E-state index in [0.29, 0.717) is 4.49 Å². The molecular weight excluding hydrogens is 222 g/mol. The van der Waals surface area contributed by atoms with Crippen molar-refractivity contribution in [2.45, 2.75) is 12.1 Å². The first kappa shape index (κ1) is 13.9. The largest absolute Gasteiger partial charge is 1.00 e. The molecule has 0 aromatic carbocycles.